The van der Waals surface area contributed by atoms with Gasteiger partial charge in [0.1, 0.15) is 0 Å². The summed E-state index contributed by atoms with van der Waals surface area (Å²) < 4.78 is 0. The number of piperidine rings is 1. The number of rotatable bonds is 6. The quantitative estimate of drug-likeness (QED) is 0.556. The molecule has 0 aromatic heterocycles. The summed E-state index contributed by atoms with van der Waals surface area (Å²) in [6, 6.07) is 17.1. The van der Waals surface area contributed by atoms with Gasteiger partial charge in [0.05, 0.1) is 18.4 Å². The van der Waals surface area contributed by atoms with Crippen LogP contribution in [-0.2, 0) is 9.59 Å². The minimum absolute atomic E-state index is 0.000934. The molecule has 0 radical (unpaired) electrons. The van der Waals surface area contributed by atoms with Gasteiger partial charge in [-0.25, -0.2) is 0 Å². The standard InChI is InChI=1S/C29H37ClN2O3/c1-29(2)19-32(17-16-24(29)20-12-14-22(30)15-13-20)28(35)23-10-6-7-11-25(23)31-27(34)18-26(33)21-8-4-3-5-9-21/h3-5,8-9,12-15,23-26,33H,6-7,10-11,16-19H2,1-2H3,(H,31,34). The van der Waals surface area contributed by atoms with E-state index in [1.807, 2.05) is 47.4 Å². The lowest BCUT2D eigenvalue weighted by Crippen LogP contribution is -2.54. The maximum atomic E-state index is 13.7. The lowest BCUT2D eigenvalue weighted by Gasteiger charge is -2.46. The number of carbonyl (C=O) groups excluding carboxylic acids is 2. The molecule has 2 aliphatic rings. The van der Waals surface area contributed by atoms with Crippen LogP contribution in [0.15, 0.2) is 54.6 Å². The third-order valence-corrected chi connectivity index (χ3v) is 8.06. The van der Waals surface area contributed by atoms with Crippen LogP contribution in [0.4, 0.5) is 0 Å². The van der Waals surface area contributed by atoms with E-state index in [9.17, 15) is 14.7 Å². The van der Waals surface area contributed by atoms with Crippen molar-refractivity contribution in [3.05, 3.63) is 70.7 Å². The fraction of sp³-hybridized carbons (Fsp3) is 0.517. The summed E-state index contributed by atoms with van der Waals surface area (Å²) >= 11 is 6.08. The van der Waals surface area contributed by atoms with E-state index in [-0.39, 0.29) is 35.6 Å². The number of hydrogen-bond donors (Lipinski definition) is 2. The summed E-state index contributed by atoms with van der Waals surface area (Å²) in [5.74, 6) is 0.115. The number of amides is 2. The second kappa shape index (κ2) is 11.1. The van der Waals surface area contributed by atoms with Crippen molar-refractivity contribution < 1.29 is 14.7 Å². The zero-order valence-corrected chi connectivity index (χ0v) is 21.5. The predicted octanol–water partition coefficient (Wildman–Crippen LogP) is 5.48. The number of nitrogens with zero attached hydrogens (tertiary/aromatic N) is 1. The highest BCUT2D eigenvalue weighted by molar-refractivity contribution is 6.30. The molecule has 4 unspecified atom stereocenters. The van der Waals surface area contributed by atoms with Crippen LogP contribution < -0.4 is 5.32 Å². The fourth-order valence-electron chi connectivity index (χ4n) is 5.93. The fourth-order valence-corrected chi connectivity index (χ4v) is 6.05. The summed E-state index contributed by atoms with van der Waals surface area (Å²) in [6.07, 6.45) is 3.66. The molecule has 0 bridgehead atoms. The van der Waals surface area contributed by atoms with Crippen LogP contribution in [-0.4, -0.2) is 41.0 Å². The van der Waals surface area contributed by atoms with Gasteiger partial charge in [-0.2, -0.15) is 0 Å². The second-order valence-corrected chi connectivity index (χ2v) is 11.3. The second-order valence-electron chi connectivity index (χ2n) is 10.8. The Bertz CT molecular complexity index is 1010. The predicted molar refractivity (Wildman–Crippen MR) is 139 cm³/mol. The number of likely N-dealkylation sites (tertiary alicyclic amines) is 1. The number of aliphatic hydroxyl groups excluding tert-OH is 1. The molecule has 35 heavy (non-hydrogen) atoms. The molecule has 2 amide bonds. The van der Waals surface area contributed by atoms with E-state index in [1.54, 1.807) is 0 Å². The molecule has 2 N–H and O–H groups in total. The van der Waals surface area contributed by atoms with Crippen LogP contribution in [0.1, 0.15) is 75.5 Å². The first kappa shape index (κ1) is 25.7. The Morgan fingerprint density at radius 2 is 1.74 bits per heavy atom. The maximum absolute atomic E-state index is 13.7. The Morgan fingerprint density at radius 1 is 1.06 bits per heavy atom. The van der Waals surface area contributed by atoms with Crippen molar-refractivity contribution in [3.8, 4) is 0 Å². The lowest BCUT2D eigenvalue weighted by atomic mass is 9.70. The van der Waals surface area contributed by atoms with E-state index < -0.39 is 6.10 Å². The molecule has 4 rings (SSSR count). The number of nitrogens with one attached hydrogen (secondary N) is 1. The van der Waals surface area contributed by atoms with Gasteiger partial charge in [0.25, 0.3) is 0 Å². The highest BCUT2D eigenvalue weighted by Gasteiger charge is 2.42. The molecule has 1 aliphatic carbocycles. The Morgan fingerprint density at radius 3 is 2.43 bits per heavy atom. The molecule has 2 aromatic rings. The minimum Gasteiger partial charge on any atom is -0.388 e. The van der Waals surface area contributed by atoms with Crippen LogP contribution in [0, 0.1) is 11.3 Å². The van der Waals surface area contributed by atoms with Gasteiger partial charge in [0.15, 0.2) is 0 Å². The van der Waals surface area contributed by atoms with Gasteiger partial charge in [0.2, 0.25) is 11.8 Å². The average Bonchev–Trinajstić information content (AvgIpc) is 2.84. The summed E-state index contributed by atoms with van der Waals surface area (Å²) in [5, 5.41) is 14.3. The highest BCUT2D eigenvalue weighted by Crippen LogP contribution is 2.43. The van der Waals surface area contributed by atoms with Crippen molar-refractivity contribution >= 4 is 23.4 Å². The minimum atomic E-state index is -0.846. The normalized spacial score (nSPS) is 25.0. The van der Waals surface area contributed by atoms with Gasteiger partial charge in [0, 0.05) is 24.2 Å². The summed E-state index contributed by atoms with van der Waals surface area (Å²) in [4.78, 5) is 28.4. The molecule has 1 saturated heterocycles. The van der Waals surface area contributed by atoms with Gasteiger partial charge >= 0.3 is 0 Å². The number of hydrogen-bond acceptors (Lipinski definition) is 3. The molecule has 6 heteroatoms. The van der Waals surface area contributed by atoms with Crippen molar-refractivity contribution in [1.82, 2.24) is 10.2 Å². The van der Waals surface area contributed by atoms with Gasteiger partial charge in [-0.3, -0.25) is 9.59 Å². The van der Waals surface area contributed by atoms with Crippen LogP contribution >= 0.6 is 11.6 Å². The van der Waals surface area contributed by atoms with E-state index in [0.29, 0.717) is 12.5 Å². The molecule has 1 heterocycles. The highest BCUT2D eigenvalue weighted by atomic mass is 35.5. The lowest BCUT2D eigenvalue weighted by molar-refractivity contribution is -0.141. The molecular formula is C29H37ClN2O3. The zero-order chi connectivity index (χ0) is 25.0. The first-order valence-electron chi connectivity index (χ1n) is 12.8. The smallest absolute Gasteiger partial charge is 0.227 e. The van der Waals surface area contributed by atoms with Crippen molar-refractivity contribution in [2.45, 2.75) is 70.4 Å². The molecule has 2 fully saturated rings. The van der Waals surface area contributed by atoms with Gasteiger partial charge in [-0.15, -0.1) is 0 Å². The third-order valence-electron chi connectivity index (χ3n) is 7.81. The van der Waals surface area contributed by atoms with Gasteiger partial charge in [-0.05, 0) is 53.9 Å². The third kappa shape index (κ3) is 6.25. The van der Waals surface area contributed by atoms with E-state index in [4.69, 9.17) is 11.6 Å². The number of aliphatic hydroxyl groups is 1. The molecular weight excluding hydrogens is 460 g/mol. The number of carbonyl (C=O) groups is 2. The van der Waals surface area contributed by atoms with Crippen molar-refractivity contribution in [1.29, 1.82) is 0 Å². The Kier molecular flexibility index (Phi) is 8.18. The van der Waals surface area contributed by atoms with E-state index in [2.05, 4.69) is 31.3 Å². The SMILES string of the molecule is CC1(C)CN(C(=O)C2CCCCC2NC(=O)CC(O)c2ccccc2)CCC1c1ccc(Cl)cc1. The first-order chi connectivity index (χ1) is 16.7. The summed E-state index contributed by atoms with van der Waals surface area (Å²) in [6.45, 7) is 5.89. The Hall–Kier alpha value is -2.37. The van der Waals surface area contributed by atoms with Crippen LogP contribution in [0.3, 0.4) is 0 Å². The van der Waals surface area contributed by atoms with Crippen molar-refractivity contribution in [3.63, 3.8) is 0 Å². The summed E-state index contributed by atoms with van der Waals surface area (Å²) in [7, 11) is 0. The molecule has 188 valence electrons. The topological polar surface area (TPSA) is 69.6 Å². The van der Waals surface area contributed by atoms with Crippen molar-refractivity contribution in [2.75, 3.05) is 13.1 Å². The Labute approximate surface area is 213 Å². The maximum Gasteiger partial charge on any atom is 0.227 e. The van der Waals surface area contributed by atoms with Crippen LogP contribution in [0.5, 0.6) is 0 Å². The first-order valence-corrected chi connectivity index (χ1v) is 13.2. The molecule has 0 spiro atoms. The largest absolute Gasteiger partial charge is 0.388 e. The number of benzene rings is 2. The van der Waals surface area contributed by atoms with Gasteiger partial charge < -0.3 is 15.3 Å². The van der Waals surface area contributed by atoms with E-state index in [0.717, 1.165) is 49.2 Å². The van der Waals surface area contributed by atoms with Gasteiger partial charge in [-0.1, -0.05) is 80.8 Å². The monoisotopic (exact) mass is 496 g/mol. The van der Waals surface area contributed by atoms with Crippen molar-refractivity contribution in [2.24, 2.45) is 11.3 Å². The molecule has 1 aliphatic heterocycles. The average molecular weight is 497 g/mol. The number of halogens is 1. The molecule has 5 nitrogen and oxygen atoms in total. The van der Waals surface area contributed by atoms with E-state index in [1.165, 1.54) is 5.56 Å². The van der Waals surface area contributed by atoms with E-state index >= 15 is 0 Å². The summed E-state index contributed by atoms with van der Waals surface area (Å²) in [5.41, 5.74) is 1.94. The molecule has 1 saturated carbocycles. The molecule has 4 atom stereocenters. The van der Waals surface area contributed by atoms with Crippen LogP contribution in [0.25, 0.3) is 0 Å². The zero-order valence-electron chi connectivity index (χ0n) is 20.8. The Balaban J connectivity index is 1.38. The molecule has 2 aromatic carbocycles. The van der Waals surface area contributed by atoms with Crippen LogP contribution in [0.2, 0.25) is 5.02 Å².